The first-order valence-corrected chi connectivity index (χ1v) is 5.24. The van der Waals surface area contributed by atoms with E-state index in [-0.39, 0.29) is 18.8 Å². The van der Waals surface area contributed by atoms with Crippen molar-refractivity contribution in [2.45, 2.75) is 57.1 Å². The van der Waals surface area contributed by atoms with Crippen LogP contribution in [0.5, 0.6) is 0 Å². The van der Waals surface area contributed by atoms with Crippen LogP contribution in [0, 0.1) is 0 Å². The molecule has 0 aliphatic carbocycles. The van der Waals surface area contributed by atoms with Crippen molar-refractivity contribution in [2.75, 3.05) is 6.61 Å². The predicted molar refractivity (Wildman–Crippen MR) is 51.3 cm³/mol. The van der Waals surface area contributed by atoms with Crippen LogP contribution in [-0.2, 0) is 14.2 Å². The van der Waals surface area contributed by atoms with Crippen molar-refractivity contribution in [3.05, 3.63) is 0 Å². The molecule has 2 fully saturated rings. The number of fused-ring (bicyclic) bond motifs is 1. The average Bonchev–Trinajstić information content (AvgIpc) is 2.48. The molecule has 88 valence electrons. The van der Waals surface area contributed by atoms with Crippen molar-refractivity contribution in [1.29, 1.82) is 0 Å². The van der Waals surface area contributed by atoms with E-state index in [1.54, 1.807) is 13.8 Å². The van der Waals surface area contributed by atoms with Gasteiger partial charge in [0.2, 0.25) is 0 Å². The summed E-state index contributed by atoms with van der Waals surface area (Å²) >= 11 is 0. The Labute approximate surface area is 88.9 Å². The fourth-order valence-corrected chi connectivity index (χ4v) is 2.24. The highest BCUT2D eigenvalue weighted by Gasteiger charge is 2.53. The molecule has 2 rings (SSSR count). The van der Waals surface area contributed by atoms with Gasteiger partial charge in [0.05, 0.1) is 12.7 Å². The monoisotopic (exact) mass is 218 g/mol. The van der Waals surface area contributed by atoms with Gasteiger partial charge < -0.3 is 24.4 Å². The zero-order valence-corrected chi connectivity index (χ0v) is 9.21. The lowest BCUT2D eigenvalue weighted by Crippen LogP contribution is -2.56. The summed E-state index contributed by atoms with van der Waals surface area (Å²) in [5.41, 5.74) is 0. The van der Waals surface area contributed by atoms with E-state index in [9.17, 15) is 5.11 Å². The predicted octanol–water partition coefficient (Wildman–Crippen LogP) is -0.353. The van der Waals surface area contributed by atoms with Gasteiger partial charge in [-0.25, -0.2) is 0 Å². The van der Waals surface area contributed by atoms with Crippen molar-refractivity contribution < 1.29 is 24.4 Å². The number of aliphatic hydroxyl groups excluding tert-OH is 2. The Morgan fingerprint density at radius 3 is 2.40 bits per heavy atom. The second-order valence-electron chi connectivity index (χ2n) is 4.62. The van der Waals surface area contributed by atoms with Gasteiger partial charge in [-0.1, -0.05) is 0 Å². The molecule has 5 heteroatoms. The fraction of sp³-hybridized carbons (Fsp3) is 1.00. The molecule has 2 N–H and O–H groups in total. The third-order valence-corrected chi connectivity index (χ3v) is 2.91. The van der Waals surface area contributed by atoms with E-state index in [0.29, 0.717) is 0 Å². The van der Waals surface area contributed by atoms with Gasteiger partial charge >= 0.3 is 0 Å². The highest BCUT2D eigenvalue weighted by atomic mass is 16.8. The molecule has 0 aromatic carbocycles. The summed E-state index contributed by atoms with van der Waals surface area (Å²) in [4.78, 5) is 0. The lowest BCUT2D eigenvalue weighted by atomic mass is 9.96. The van der Waals surface area contributed by atoms with Crippen molar-refractivity contribution in [1.82, 2.24) is 0 Å². The van der Waals surface area contributed by atoms with E-state index in [0.717, 1.165) is 0 Å². The zero-order chi connectivity index (χ0) is 11.2. The molecule has 0 saturated carbocycles. The number of rotatable bonds is 1. The molecule has 5 atom stereocenters. The maximum Gasteiger partial charge on any atom is 0.164 e. The first-order valence-electron chi connectivity index (χ1n) is 5.24. The van der Waals surface area contributed by atoms with E-state index in [1.165, 1.54) is 0 Å². The summed E-state index contributed by atoms with van der Waals surface area (Å²) in [5, 5.41) is 18.9. The first-order chi connectivity index (χ1) is 6.94. The van der Waals surface area contributed by atoms with Crippen LogP contribution >= 0.6 is 0 Å². The molecular formula is C10H18O5. The van der Waals surface area contributed by atoms with Gasteiger partial charge in [-0.15, -0.1) is 0 Å². The third-order valence-electron chi connectivity index (χ3n) is 2.91. The van der Waals surface area contributed by atoms with Gasteiger partial charge in [-0.3, -0.25) is 0 Å². The molecule has 5 nitrogen and oxygen atoms in total. The van der Waals surface area contributed by atoms with Crippen LogP contribution in [-0.4, -0.2) is 53.1 Å². The van der Waals surface area contributed by atoms with Crippen molar-refractivity contribution >= 4 is 0 Å². The van der Waals surface area contributed by atoms with Gasteiger partial charge in [0.25, 0.3) is 0 Å². The second-order valence-corrected chi connectivity index (χ2v) is 4.62. The molecule has 0 aromatic rings. The second kappa shape index (κ2) is 3.68. The molecule has 2 heterocycles. The molecule has 5 unspecified atom stereocenters. The highest BCUT2D eigenvalue weighted by molar-refractivity contribution is 4.97. The van der Waals surface area contributed by atoms with Crippen LogP contribution < -0.4 is 0 Å². The topological polar surface area (TPSA) is 68.2 Å². The lowest BCUT2D eigenvalue weighted by Gasteiger charge is -2.37. The average molecular weight is 218 g/mol. The Morgan fingerprint density at radius 2 is 1.80 bits per heavy atom. The van der Waals surface area contributed by atoms with Crippen LogP contribution in [0.3, 0.4) is 0 Å². The fourth-order valence-electron chi connectivity index (χ4n) is 2.24. The van der Waals surface area contributed by atoms with E-state index < -0.39 is 24.1 Å². The van der Waals surface area contributed by atoms with Gasteiger partial charge in [-0.2, -0.15) is 0 Å². The Kier molecular flexibility index (Phi) is 2.77. The van der Waals surface area contributed by atoms with Crippen molar-refractivity contribution in [3.8, 4) is 0 Å². The zero-order valence-electron chi connectivity index (χ0n) is 9.21. The summed E-state index contributed by atoms with van der Waals surface area (Å²) in [6, 6.07) is 0. The van der Waals surface area contributed by atoms with Crippen molar-refractivity contribution in [3.63, 3.8) is 0 Å². The molecule has 0 radical (unpaired) electrons. The number of hydrogen-bond donors (Lipinski definition) is 2. The first kappa shape index (κ1) is 11.3. The number of aliphatic hydroxyl groups is 2. The van der Waals surface area contributed by atoms with Gasteiger partial charge in [-0.05, 0) is 20.8 Å². The molecule has 2 aliphatic heterocycles. The standard InChI is InChI=1S/C10H18O5/c1-5-8-9(15-10(2,3)14-8)7(12)6(4-11)13-5/h5-9,11-12H,4H2,1-3H3. The maximum atomic E-state index is 9.90. The van der Waals surface area contributed by atoms with E-state index >= 15 is 0 Å². The normalized spacial score (nSPS) is 49.0. The molecule has 0 bridgehead atoms. The highest BCUT2D eigenvalue weighted by Crippen LogP contribution is 2.37. The third kappa shape index (κ3) is 1.90. The Morgan fingerprint density at radius 1 is 1.20 bits per heavy atom. The molecular weight excluding hydrogens is 200 g/mol. The summed E-state index contributed by atoms with van der Waals surface area (Å²) in [6.07, 6.45) is -2.28. The minimum atomic E-state index is -0.835. The molecule has 2 aliphatic rings. The number of ether oxygens (including phenoxy) is 3. The minimum absolute atomic E-state index is 0.183. The molecule has 0 amide bonds. The molecule has 2 saturated heterocycles. The van der Waals surface area contributed by atoms with Crippen LogP contribution in [0.25, 0.3) is 0 Å². The molecule has 0 aromatic heterocycles. The van der Waals surface area contributed by atoms with Gasteiger partial charge in [0.15, 0.2) is 5.79 Å². The summed E-state index contributed by atoms with van der Waals surface area (Å²) < 4.78 is 16.7. The van der Waals surface area contributed by atoms with E-state index in [2.05, 4.69) is 0 Å². The lowest BCUT2D eigenvalue weighted by molar-refractivity contribution is -0.191. The number of hydrogen-bond acceptors (Lipinski definition) is 5. The van der Waals surface area contributed by atoms with Gasteiger partial charge in [0.1, 0.15) is 24.4 Å². The smallest absolute Gasteiger partial charge is 0.164 e. The van der Waals surface area contributed by atoms with Gasteiger partial charge in [0, 0.05) is 0 Å². The summed E-state index contributed by atoms with van der Waals surface area (Å²) in [5.74, 6) is -0.696. The van der Waals surface area contributed by atoms with E-state index in [1.807, 2.05) is 6.92 Å². The Bertz CT molecular complexity index is 242. The van der Waals surface area contributed by atoms with E-state index in [4.69, 9.17) is 19.3 Å². The Hall–Kier alpha value is -0.200. The maximum absolute atomic E-state index is 9.90. The summed E-state index contributed by atoms with van der Waals surface area (Å²) in [7, 11) is 0. The van der Waals surface area contributed by atoms with Crippen LogP contribution in [0.15, 0.2) is 0 Å². The van der Waals surface area contributed by atoms with Crippen LogP contribution in [0.4, 0.5) is 0 Å². The van der Waals surface area contributed by atoms with Crippen LogP contribution in [0.2, 0.25) is 0 Å². The largest absolute Gasteiger partial charge is 0.394 e. The quantitative estimate of drug-likeness (QED) is 0.629. The van der Waals surface area contributed by atoms with Crippen LogP contribution in [0.1, 0.15) is 20.8 Å². The SMILES string of the molecule is CC1OC(CO)C(O)C2OC(C)(C)OC12. The summed E-state index contributed by atoms with van der Waals surface area (Å²) in [6.45, 7) is 5.26. The molecule has 0 spiro atoms. The Balaban J connectivity index is 2.16. The minimum Gasteiger partial charge on any atom is -0.394 e. The van der Waals surface area contributed by atoms with Crippen molar-refractivity contribution in [2.24, 2.45) is 0 Å². The molecule has 15 heavy (non-hydrogen) atoms.